The summed E-state index contributed by atoms with van der Waals surface area (Å²) in [5.41, 5.74) is 0. The van der Waals surface area contributed by atoms with Crippen LogP contribution in [0.2, 0.25) is 0 Å². The molecule has 0 aromatic carbocycles. The van der Waals surface area contributed by atoms with Gasteiger partial charge in [-0.05, 0) is 27.7 Å². The van der Waals surface area contributed by atoms with Crippen LogP contribution in [0.4, 0.5) is 14.6 Å². The molecule has 0 fully saturated rings. The van der Waals surface area contributed by atoms with E-state index in [9.17, 15) is 8.78 Å². The standard InChI is InChI=1S/C14H23F2N3O/c1-9(2)19(10(3)4)6-7-20-14-12(16)8-11(15)13(17-5)18-14/h8-10H,6-7H2,1-5H3,(H,17,18). The van der Waals surface area contributed by atoms with Crippen LogP contribution in [0, 0.1) is 11.6 Å². The molecule has 0 spiro atoms. The number of aromatic nitrogens is 1. The molecule has 0 amide bonds. The summed E-state index contributed by atoms with van der Waals surface area (Å²) in [5.74, 6) is -1.72. The van der Waals surface area contributed by atoms with E-state index in [1.807, 2.05) is 0 Å². The summed E-state index contributed by atoms with van der Waals surface area (Å²) in [6.07, 6.45) is 0. The third-order valence-electron chi connectivity index (χ3n) is 3.05. The van der Waals surface area contributed by atoms with E-state index < -0.39 is 11.6 Å². The monoisotopic (exact) mass is 287 g/mol. The van der Waals surface area contributed by atoms with Crippen molar-refractivity contribution in [3.05, 3.63) is 17.7 Å². The number of ether oxygens (including phenoxy) is 1. The van der Waals surface area contributed by atoms with Gasteiger partial charge in [0, 0.05) is 31.7 Å². The molecular formula is C14H23F2N3O. The third kappa shape index (κ3) is 4.30. The fourth-order valence-corrected chi connectivity index (χ4v) is 2.09. The van der Waals surface area contributed by atoms with Crippen LogP contribution in [-0.4, -0.2) is 42.2 Å². The molecule has 6 heteroatoms. The number of anilines is 1. The smallest absolute Gasteiger partial charge is 0.252 e. The summed E-state index contributed by atoms with van der Waals surface area (Å²) in [5, 5.41) is 2.56. The van der Waals surface area contributed by atoms with Crippen molar-refractivity contribution in [1.29, 1.82) is 0 Å². The molecule has 0 aliphatic carbocycles. The lowest BCUT2D eigenvalue weighted by atomic mass is 10.2. The Kier molecular flexibility index (Phi) is 6.13. The predicted molar refractivity (Wildman–Crippen MR) is 76.2 cm³/mol. The number of halogens is 2. The van der Waals surface area contributed by atoms with Gasteiger partial charge in [-0.25, -0.2) is 8.78 Å². The maximum atomic E-state index is 13.5. The van der Waals surface area contributed by atoms with Crippen molar-refractivity contribution in [2.24, 2.45) is 0 Å². The molecule has 0 bridgehead atoms. The molecule has 0 unspecified atom stereocenters. The minimum atomic E-state index is -0.790. The Hall–Kier alpha value is -1.43. The van der Waals surface area contributed by atoms with Crippen molar-refractivity contribution in [1.82, 2.24) is 9.88 Å². The Morgan fingerprint density at radius 2 is 1.80 bits per heavy atom. The van der Waals surface area contributed by atoms with Crippen molar-refractivity contribution in [3.8, 4) is 5.88 Å². The Labute approximate surface area is 119 Å². The third-order valence-corrected chi connectivity index (χ3v) is 3.05. The van der Waals surface area contributed by atoms with E-state index in [-0.39, 0.29) is 11.7 Å². The minimum absolute atomic E-state index is 0.0222. The lowest BCUT2D eigenvalue weighted by Crippen LogP contribution is -2.39. The molecule has 0 radical (unpaired) electrons. The highest BCUT2D eigenvalue weighted by Gasteiger charge is 2.15. The van der Waals surface area contributed by atoms with Gasteiger partial charge < -0.3 is 10.1 Å². The summed E-state index contributed by atoms with van der Waals surface area (Å²) in [6, 6.07) is 1.52. The summed E-state index contributed by atoms with van der Waals surface area (Å²) >= 11 is 0. The fourth-order valence-electron chi connectivity index (χ4n) is 2.09. The molecule has 1 N–H and O–H groups in total. The van der Waals surface area contributed by atoms with E-state index in [4.69, 9.17) is 4.74 Å². The molecule has 1 aromatic rings. The average Bonchev–Trinajstić information content (AvgIpc) is 2.35. The van der Waals surface area contributed by atoms with Crippen LogP contribution in [-0.2, 0) is 0 Å². The molecule has 0 saturated carbocycles. The van der Waals surface area contributed by atoms with Crippen molar-refractivity contribution < 1.29 is 13.5 Å². The van der Waals surface area contributed by atoms with Gasteiger partial charge in [0.1, 0.15) is 6.61 Å². The first-order chi connectivity index (χ1) is 9.36. The van der Waals surface area contributed by atoms with Crippen molar-refractivity contribution in [2.45, 2.75) is 39.8 Å². The van der Waals surface area contributed by atoms with E-state index >= 15 is 0 Å². The second-order valence-electron chi connectivity index (χ2n) is 5.13. The van der Waals surface area contributed by atoms with Crippen LogP contribution in [0.5, 0.6) is 5.88 Å². The van der Waals surface area contributed by atoms with Crippen LogP contribution >= 0.6 is 0 Å². The zero-order valence-corrected chi connectivity index (χ0v) is 12.7. The normalized spacial score (nSPS) is 11.5. The van der Waals surface area contributed by atoms with Gasteiger partial charge in [-0.2, -0.15) is 4.98 Å². The van der Waals surface area contributed by atoms with Crippen molar-refractivity contribution in [3.63, 3.8) is 0 Å². The zero-order valence-electron chi connectivity index (χ0n) is 12.7. The topological polar surface area (TPSA) is 37.4 Å². The van der Waals surface area contributed by atoms with Crippen LogP contribution in [0.1, 0.15) is 27.7 Å². The van der Waals surface area contributed by atoms with Crippen LogP contribution in [0.15, 0.2) is 6.07 Å². The van der Waals surface area contributed by atoms with Gasteiger partial charge in [-0.15, -0.1) is 0 Å². The number of hydrogen-bond acceptors (Lipinski definition) is 4. The first-order valence-corrected chi connectivity index (χ1v) is 6.79. The quantitative estimate of drug-likeness (QED) is 0.836. The Balaban J connectivity index is 2.66. The molecule has 0 saturated heterocycles. The molecule has 0 aliphatic heterocycles. The number of nitrogens with one attached hydrogen (secondary N) is 1. The number of pyridine rings is 1. The van der Waals surface area contributed by atoms with Crippen molar-refractivity contribution >= 4 is 5.82 Å². The second-order valence-corrected chi connectivity index (χ2v) is 5.13. The highest BCUT2D eigenvalue weighted by molar-refractivity contribution is 5.38. The minimum Gasteiger partial charge on any atom is -0.474 e. The lowest BCUT2D eigenvalue weighted by molar-refractivity contribution is 0.138. The summed E-state index contributed by atoms with van der Waals surface area (Å²) in [6.45, 7) is 9.33. The highest BCUT2D eigenvalue weighted by Crippen LogP contribution is 2.20. The van der Waals surface area contributed by atoms with Gasteiger partial charge in [0.15, 0.2) is 17.5 Å². The molecule has 114 valence electrons. The molecule has 1 rings (SSSR count). The van der Waals surface area contributed by atoms with Crippen LogP contribution in [0.3, 0.4) is 0 Å². The summed E-state index contributed by atoms with van der Waals surface area (Å²) in [4.78, 5) is 6.00. The average molecular weight is 287 g/mol. The highest BCUT2D eigenvalue weighted by atomic mass is 19.1. The van der Waals surface area contributed by atoms with Gasteiger partial charge in [0.25, 0.3) is 5.88 Å². The van der Waals surface area contributed by atoms with Crippen LogP contribution < -0.4 is 10.1 Å². The zero-order chi connectivity index (χ0) is 15.3. The second kappa shape index (κ2) is 7.38. The lowest BCUT2D eigenvalue weighted by Gasteiger charge is -2.30. The van der Waals surface area contributed by atoms with E-state index in [1.165, 1.54) is 7.05 Å². The molecular weight excluding hydrogens is 264 g/mol. The van der Waals surface area contributed by atoms with Gasteiger partial charge in [-0.3, -0.25) is 4.90 Å². The number of rotatable bonds is 7. The predicted octanol–water partition coefficient (Wildman–Crippen LogP) is 2.90. The van der Waals surface area contributed by atoms with Gasteiger partial charge in [0.05, 0.1) is 0 Å². The molecule has 1 aromatic heterocycles. The van der Waals surface area contributed by atoms with Crippen LogP contribution in [0.25, 0.3) is 0 Å². The van der Waals surface area contributed by atoms with E-state index in [1.54, 1.807) is 0 Å². The number of nitrogens with zero attached hydrogens (tertiary/aromatic N) is 2. The fraction of sp³-hybridized carbons (Fsp3) is 0.643. The summed E-state index contributed by atoms with van der Waals surface area (Å²) < 4.78 is 32.1. The van der Waals surface area contributed by atoms with Crippen molar-refractivity contribution in [2.75, 3.05) is 25.5 Å². The molecule has 0 aliphatic rings. The first kappa shape index (κ1) is 16.6. The first-order valence-electron chi connectivity index (χ1n) is 6.79. The molecule has 0 atom stereocenters. The summed E-state index contributed by atoms with van der Waals surface area (Å²) in [7, 11) is 1.52. The van der Waals surface area contributed by atoms with E-state index in [0.29, 0.717) is 25.2 Å². The van der Waals surface area contributed by atoms with E-state index in [0.717, 1.165) is 6.07 Å². The maximum absolute atomic E-state index is 13.5. The van der Waals surface area contributed by atoms with Gasteiger partial charge >= 0.3 is 0 Å². The SMILES string of the molecule is CNc1nc(OCCN(C(C)C)C(C)C)c(F)cc1F. The van der Waals surface area contributed by atoms with Gasteiger partial charge in [0.2, 0.25) is 0 Å². The Morgan fingerprint density at radius 1 is 1.20 bits per heavy atom. The maximum Gasteiger partial charge on any atom is 0.252 e. The Bertz CT molecular complexity index is 431. The molecule has 1 heterocycles. The molecule has 20 heavy (non-hydrogen) atoms. The Morgan fingerprint density at radius 3 is 2.30 bits per heavy atom. The molecule has 4 nitrogen and oxygen atoms in total. The van der Waals surface area contributed by atoms with Gasteiger partial charge in [-0.1, -0.05) is 0 Å². The largest absolute Gasteiger partial charge is 0.474 e. The van der Waals surface area contributed by atoms with E-state index in [2.05, 4.69) is 42.9 Å². The number of hydrogen-bond donors (Lipinski definition) is 1.